The molecule has 0 aliphatic rings. The van der Waals surface area contributed by atoms with Gasteiger partial charge in [0, 0.05) is 11.8 Å². The van der Waals surface area contributed by atoms with Crippen molar-refractivity contribution in [1.82, 2.24) is 0 Å². The first-order chi connectivity index (χ1) is 8.60. The maximum absolute atomic E-state index is 12.8. The Bertz CT molecular complexity index is 391. The molecule has 0 unspecified atom stereocenters. The quantitative estimate of drug-likeness (QED) is 0.778. The minimum atomic E-state index is -4.55. The molecule has 0 amide bonds. The molecule has 1 aromatic rings. The summed E-state index contributed by atoms with van der Waals surface area (Å²) >= 11 is 1.48. The molecule has 1 aromatic heterocycles. The Labute approximate surface area is 114 Å². The van der Waals surface area contributed by atoms with Crippen LogP contribution < -0.4 is 0 Å². The molecule has 0 aromatic carbocycles. The second kappa shape index (κ2) is 5.94. The predicted molar refractivity (Wildman–Crippen MR) is 68.0 cm³/mol. The highest BCUT2D eigenvalue weighted by molar-refractivity contribution is 7.07. The summed E-state index contributed by atoms with van der Waals surface area (Å²) in [6.07, 6.45) is -6.26. The highest BCUT2D eigenvalue weighted by Gasteiger charge is 2.49. The second-order valence-electron chi connectivity index (χ2n) is 5.41. The highest BCUT2D eigenvalue weighted by Crippen LogP contribution is 2.36. The van der Waals surface area contributed by atoms with Gasteiger partial charge in [0.15, 0.2) is 0 Å². The smallest absolute Gasteiger partial charge is 0.426 e. The van der Waals surface area contributed by atoms with E-state index in [0.29, 0.717) is 6.42 Å². The van der Waals surface area contributed by atoms with Crippen LogP contribution in [-0.4, -0.2) is 18.2 Å². The third-order valence-corrected chi connectivity index (χ3v) is 3.26. The standard InChI is InChI=1S/C13H17F3O2S/c1-12(2,3)11(13(14,15)16)18-10(17)5-4-9-6-7-19-8-9/h6-8,11H,4-5H2,1-3H3/t11-/m0/s1. The van der Waals surface area contributed by atoms with Crippen LogP contribution in [-0.2, 0) is 16.0 Å². The molecule has 0 aliphatic heterocycles. The molecule has 0 spiro atoms. The van der Waals surface area contributed by atoms with Crippen LogP contribution in [0.5, 0.6) is 0 Å². The molecule has 0 saturated heterocycles. The van der Waals surface area contributed by atoms with E-state index in [0.717, 1.165) is 5.56 Å². The fraction of sp³-hybridized carbons (Fsp3) is 0.615. The molecule has 0 aliphatic carbocycles. The molecule has 6 heteroatoms. The van der Waals surface area contributed by atoms with E-state index < -0.39 is 23.7 Å². The van der Waals surface area contributed by atoms with Crippen LogP contribution in [0.1, 0.15) is 32.8 Å². The number of alkyl halides is 3. The lowest BCUT2D eigenvalue weighted by Crippen LogP contribution is -2.43. The number of hydrogen-bond acceptors (Lipinski definition) is 3. The number of hydrogen-bond donors (Lipinski definition) is 0. The van der Waals surface area contributed by atoms with Crippen molar-refractivity contribution >= 4 is 17.3 Å². The molecule has 1 rings (SSSR count). The summed E-state index contributed by atoms with van der Waals surface area (Å²) in [6.45, 7) is 4.20. The van der Waals surface area contributed by atoms with Crippen LogP contribution in [0, 0.1) is 5.41 Å². The fourth-order valence-electron chi connectivity index (χ4n) is 1.61. The van der Waals surface area contributed by atoms with Crippen LogP contribution in [0.25, 0.3) is 0 Å². The monoisotopic (exact) mass is 294 g/mol. The summed E-state index contributed by atoms with van der Waals surface area (Å²) in [4.78, 5) is 11.5. The van der Waals surface area contributed by atoms with E-state index in [-0.39, 0.29) is 6.42 Å². The summed E-state index contributed by atoms with van der Waals surface area (Å²) in [7, 11) is 0. The van der Waals surface area contributed by atoms with Gasteiger partial charge in [-0.2, -0.15) is 24.5 Å². The van der Waals surface area contributed by atoms with Crippen molar-refractivity contribution < 1.29 is 22.7 Å². The number of aryl methyl sites for hydroxylation is 1. The molecule has 1 heterocycles. The molecule has 2 nitrogen and oxygen atoms in total. The van der Waals surface area contributed by atoms with Crippen molar-refractivity contribution in [2.75, 3.05) is 0 Å². The van der Waals surface area contributed by atoms with Gasteiger partial charge in [-0.3, -0.25) is 4.79 Å². The first-order valence-corrected chi connectivity index (χ1v) is 6.82. The lowest BCUT2D eigenvalue weighted by Gasteiger charge is -2.31. The lowest BCUT2D eigenvalue weighted by molar-refractivity contribution is -0.244. The Morgan fingerprint density at radius 2 is 2.00 bits per heavy atom. The Morgan fingerprint density at radius 3 is 2.42 bits per heavy atom. The molecule has 1 atom stereocenters. The molecule has 0 radical (unpaired) electrons. The first kappa shape index (κ1) is 16.0. The summed E-state index contributed by atoms with van der Waals surface area (Å²) in [5.41, 5.74) is -0.239. The van der Waals surface area contributed by atoms with Crippen LogP contribution in [0.2, 0.25) is 0 Å². The molecule has 0 saturated carbocycles. The number of rotatable bonds is 4. The van der Waals surface area contributed by atoms with Gasteiger partial charge in [0.05, 0.1) is 0 Å². The van der Waals surface area contributed by atoms with Crippen molar-refractivity contribution in [2.24, 2.45) is 5.41 Å². The van der Waals surface area contributed by atoms with Crippen LogP contribution in [0.4, 0.5) is 13.2 Å². The summed E-state index contributed by atoms with van der Waals surface area (Å²) in [5.74, 6) is -0.816. The van der Waals surface area contributed by atoms with E-state index >= 15 is 0 Å². The number of esters is 1. The number of halogens is 3. The minimum absolute atomic E-state index is 0.0423. The van der Waals surface area contributed by atoms with E-state index in [4.69, 9.17) is 0 Å². The summed E-state index contributed by atoms with van der Waals surface area (Å²) in [5, 5.41) is 3.71. The zero-order valence-electron chi connectivity index (χ0n) is 11.1. The number of ether oxygens (including phenoxy) is 1. The molecule has 0 fully saturated rings. The topological polar surface area (TPSA) is 26.3 Å². The van der Waals surface area contributed by atoms with Gasteiger partial charge in [-0.15, -0.1) is 0 Å². The second-order valence-corrected chi connectivity index (χ2v) is 6.19. The van der Waals surface area contributed by atoms with E-state index in [1.165, 1.54) is 32.1 Å². The number of thiophene rings is 1. The first-order valence-electron chi connectivity index (χ1n) is 5.88. The third-order valence-electron chi connectivity index (χ3n) is 2.53. The van der Waals surface area contributed by atoms with Crippen LogP contribution in [0.3, 0.4) is 0 Å². The molecule has 19 heavy (non-hydrogen) atoms. The van der Waals surface area contributed by atoms with Crippen molar-refractivity contribution in [3.63, 3.8) is 0 Å². The van der Waals surface area contributed by atoms with Crippen molar-refractivity contribution in [3.8, 4) is 0 Å². The van der Waals surface area contributed by atoms with Crippen molar-refractivity contribution in [2.45, 2.75) is 45.9 Å². The van der Waals surface area contributed by atoms with Crippen LogP contribution >= 0.6 is 11.3 Å². The van der Waals surface area contributed by atoms with E-state index in [2.05, 4.69) is 4.74 Å². The van der Waals surface area contributed by atoms with Gasteiger partial charge in [0.1, 0.15) is 0 Å². The Hall–Kier alpha value is -1.04. The normalized spacial score (nSPS) is 14.2. The van der Waals surface area contributed by atoms with E-state index in [9.17, 15) is 18.0 Å². The Balaban J connectivity index is 2.57. The lowest BCUT2D eigenvalue weighted by atomic mass is 9.88. The van der Waals surface area contributed by atoms with Crippen molar-refractivity contribution in [3.05, 3.63) is 22.4 Å². The Morgan fingerprint density at radius 1 is 1.37 bits per heavy atom. The van der Waals surface area contributed by atoms with Crippen molar-refractivity contribution in [1.29, 1.82) is 0 Å². The maximum atomic E-state index is 12.8. The zero-order valence-corrected chi connectivity index (χ0v) is 11.9. The zero-order chi connectivity index (χ0) is 14.7. The average Bonchev–Trinajstić information content (AvgIpc) is 2.72. The summed E-state index contributed by atoms with van der Waals surface area (Å²) < 4.78 is 43.1. The average molecular weight is 294 g/mol. The van der Waals surface area contributed by atoms with Gasteiger partial charge >= 0.3 is 12.1 Å². The third kappa shape index (κ3) is 5.22. The van der Waals surface area contributed by atoms with Gasteiger partial charge in [-0.1, -0.05) is 20.8 Å². The minimum Gasteiger partial charge on any atom is -0.452 e. The fourth-order valence-corrected chi connectivity index (χ4v) is 2.31. The van der Waals surface area contributed by atoms with Crippen LogP contribution in [0.15, 0.2) is 16.8 Å². The maximum Gasteiger partial charge on any atom is 0.426 e. The number of carbonyl (C=O) groups excluding carboxylic acids is 1. The number of carbonyl (C=O) groups is 1. The van der Waals surface area contributed by atoms with Gasteiger partial charge < -0.3 is 4.74 Å². The molecule has 0 bridgehead atoms. The molecular formula is C13H17F3O2S. The van der Waals surface area contributed by atoms with Gasteiger partial charge in [0.25, 0.3) is 0 Å². The largest absolute Gasteiger partial charge is 0.452 e. The highest BCUT2D eigenvalue weighted by atomic mass is 32.1. The van der Waals surface area contributed by atoms with Gasteiger partial charge in [-0.25, -0.2) is 0 Å². The predicted octanol–water partition coefficient (Wildman–Crippen LogP) is 4.20. The van der Waals surface area contributed by atoms with E-state index in [1.54, 1.807) is 0 Å². The molecule has 0 N–H and O–H groups in total. The summed E-state index contributed by atoms with van der Waals surface area (Å²) in [6, 6.07) is 1.84. The van der Waals surface area contributed by atoms with Gasteiger partial charge in [-0.05, 0) is 28.8 Å². The molecule has 108 valence electrons. The molecular weight excluding hydrogens is 277 g/mol. The van der Waals surface area contributed by atoms with Gasteiger partial charge in [0.2, 0.25) is 6.10 Å². The SMILES string of the molecule is CC(C)(C)[C@H](OC(=O)CCc1ccsc1)C(F)(F)F. The Kier molecular flexibility index (Phi) is 5.01. The van der Waals surface area contributed by atoms with E-state index in [1.807, 2.05) is 16.8 Å².